The van der Waals surface area contributed by atoms with Crippen LogP contribution in [-0.2, 0) is 36.8 Å². The molecule has 3 heterocycles. The first-order valence-corrected chi connectivity index (χ1v) is 10.1. The molecule has 31 heavy (non-hydrogen) atoms. The molecule has 0 radical (unpaired) electrons. The van der Waals surface area contributed by atoms with Crippen molar-refractivity contribution in [2.24, 2.45) is 14.1 Å². The minimum atomic E-state index is -0.600. The van der Waals surface area contributed by atoms with E-state index in [1.165, 1.54) is 22.5 Å². The summed E-state index contributed by atoms with van der Waals surface area (Å²) in [6.07, 6.45) is 3.88. The monoisotopic (exact) mass is 424 g/mol. The Morgan fingerprint density at radius 3 is 2.74 bits per heavy atom. The first-order chi connectivity index (χ1) is 14.9. The largest absolute Gasteiger partial charge is 0.350 e. The average molecular weight is 424 g/mol. The molecule has 0 saturated carbocycles. The van der Waals surface area contributed by atoms with Crippen LogP contribution in [0.15, 0.2) is 40.2 Å². The number of benzene rings is 1. The van der Waals surface area contributed by atoms with Crippen molar-refractivity contribution in [1.82, 2.24) is 24.0 Å². The maximum Gasteiger partial charge on any atom is 0.332 e. The normalized spacial score (nSPS) is 14.3. The first-order valence-electron chi connectivity index (χ1n) is 10.1. The second-order valence-electron chi connectivity index (χ2n) is 7.71. The van der Waals surface area contributed by atoms with E-state index in [0.717, 1.165) is 28.7 Å². The first kappa shape index (κ1) is 20.6. The Balaban J connectivity index is 1.49. The van der Waals surface area contributed by atoms with Crippen molar-refractivity contribution in [2.45, 2.75) is 32.4 Å². The maximum atomic E-state index is 12.7. The molecule has 1 fully saturated rings. The number of aromatic nitrogens is 4. The number of hydrogen-bond donors (Lipinski definition) is 1. The van der Waals surface area contributed by atoms with E-state index in [0.29, 0.717) is 13.0 Å². The lowest BCUT2D eigenvalue weighted by atomic mass is 10.1. The van der Waals surface area contributed by atoms with Crippen molar-refractivity contribution in [3.05, 3.63) is 57.0 Å². The van der Waals surface area contributed by atoms with E-state index in [4.69, 9.17) is 0 Å². The van der Waals surface area contributed by atoms with Crippen LogP contribution in [0.4, 0.5) is 5.69 Å². The summed E-state index contributed by atoms with van der Waals surface area (Å²) in [5.74, 6) is -0.353. The molecule has 1 aromatic carbocycles. The van der Waals surface area contributed by atoms with Gasteiger partial charge in [-0.05, 0) is 30.5 Å². The number of nitrogens with zero attached hydrogens (tertiary/aromatic N) is 5. The van der Waals surface area contributed by atoms with Gasteiger partial charge in [0.1, 0.15) is 6.54 Å². The van der Waals surface area contributed by atoms with E-state index < -0.39 is 23.7 Å². The molecule has 1 N–H and O–H groups in total. The van der Waals surface area contributed by atoms with Crippen LogP contribution in [0, 0.1) is 0 Å². The summed E-state index contributed by atoms with van der Waals surface area (Å²) in [7, 11) is 3.17. The quantitative estimate of drug-likeness (QED) is 0.632. The van der Waals surface area contributed by atoms with E-state index in [1.54, 1.807) is 11.9 Å². The molecule has 2 amide bonds. The Labute approximate surface area is 177 Å². The lowest BCUT2D eigenvalue weighted by Gasteiger charge is -2.27. The Hall–Kier alpha value is -3.69. The van der Waals surface area contributed by atoms with Crippen molar-refractivity contribution in [3.8, 4) is 0 Å². The van der Waals surface area contributed by atoms with Crippen LogP contribution >= 0.6 is 0 Å². The van der Waals surface area contributed by atoms with Gasteiger partial charge in [0.05, 0.1) is 6.33 Å². The molecular weight excluding hydrogens is 400 g/mol. The lowest BCUT2D eigenvalue weighted by Crippen LogP contribution is -2.43. The molecule has 10 heteroatoms. The Kier molecular flexibility index (Phi) is 5.45. The highest BCUT2D eigenvalue weighted by atomic mass is 16.2. The lowest BCUT2D eigenvalue weighted by molar-refractivity contribution is -0.122. The third kappa shape index (κ3) is 3.88. The molecule has 1 aliphatic rings. The van der Waals surface area contributed by atoms with Crippen molar-refractivity contribution < 1.29 is 9.59 Å². The van der Waals surface area contributed by atoms with Gasteiger partial charge in [0.2, 0.25) is 11.8 Å². The van der Waals surface area contributed by atoms with Gasteiger partial charge in [-0.25, -0.2) is 14.3 Å². The number of nitrogens with one attached hydrogen (secondary N) is 1. The molecule has 0 spiro atoms. The van der Waals surface area contributed by atoms with Crippen LogP contribution in [0.25, 0.3) is 11.2 Å². The van der Waals surface area contributed by atoms with Gasteiger partial charge in [0.15, 0.2) is 11.2 Å². The van der Waals surface area contributed by atoms with Gasteiger partial charge in [0, 0.05) is 39.3 Å². The number of anilines is 1. The smallest absolute Gasteiger partial charge is 0.332 e. The van der Waals surface area contributed by atoms with Crippen molar-refractivity contribution in [2.75, 3.05) is 11.4 Å². The molecule has 0 atom stereocenters. The van der Waals surface area contributed by atoms with Crippen molar-refractivity contribution in [1.29, 1.82) is 0 Å². The predicted octanol–water partition coefficient (Wildman–Crippen LogP) is 0.267. The van der Waals surface area contributed by atoms with Gasteiger partial charge in [-0.3, -0.25) is 19.0 Å². The average Bonchev–Trinajstić information content (AvgIpc) is 3.16. The molecule has 0 bridgehead atoms. The summed E-state index contributed by atoms with van der Waals surface area (Å²) < 4.78 is 3.68. The maximum absolute atomic E-state index is 12.7. The van der Waals surface area contributed by atoms with Gasteiger partial charge < -0.3 is 14.8 Å². The number of imidazole rings is 1. The zero-order valence-electron chi connectivity index (χ0n) is 17.5. The van der Waals surface area contributed by atoms with Crippen LogP contribution in [0.1, 0.15) is 24.8 Å². The van der Waals surface area contributed by atoms with Crippen molar-refractivity contribution >= 4 is 28.7 Å². The fourth-order valence-electron chi connectivity index (χ4n) is 3.85. The molecule has 162 valence electrons. The van der Waals surface area contributed by atoms with E-state index in [1.807, 2.05) is 24.3 Å². The fraction of sp³-hybridized carbons (Fsp3) is 0.381. The third-order valence-electron chi connectivity index (χ3n) is 5.54. The standard InChI is InChI=1S/C21H24N6O4/c1-24-13-23-19-18(24)20(30)27(21(31)25(19)2)12-16(28)22-11-14-6-5-7-15(10-14)26-9-4-3-8-17(26)29/h5-7,10,13H,3-4,8-9,11-12H2,1-2H3,(H,22,28). The molecule has 1 saturated heterocycles. The van der Waals surface area contributed by atoms with E-state index >= 15 is 0 Å². The molecule has 3 aromatic rings. The molecule has 10 nitrogen and oxygen atoms in total. The van der Waals surface area contributed by atoms with Crippen LogP contribution in [0.3, 0.4) is 0 Å². The summed E-state index contributed by atoms with van der Waals surface area (Å²) in [5.41, 5.74) is 1.01. The number of amides is 2. The van der Waals surface area contributed by atoms with E-state index in [9.17, 15) is 19.2 Å². The Bertz CT molecular complexity index is 1290. The summed E-state index contributed by atoms with van der Waals surface area (Å²) in [4.78, 5) is 55.7. The summed E-state index contributed by atoms with van der Waals surface area (Å²) >= 11 is 0. The number of carbonyl (C=O) groups excluding carboxylic acids is 2. The topological polar surface area (TPSA) is 111 Å². The van der Waals surface area contributed by atoms with Gasteiger partial charge in [-0.15, -0.1) is 0 Å². The van der Waals surface area contributed by atoms with Gasteiger partial charge >= 0.3 is 5.69 Å². The van der Waals surface area contributed by atoms with Gasteiger partial charge in [-0.2, -0.15) is 0 Å². The molecule has 1 aliphatic heterocycles. The second kappa shape index (κ2) is 8.21. The van der Waals surface area contributed by atoms with E-state index in [2.05, 4.69) is 10.3 Å². The second-order valence-corrected chi connectivity index (χ2v) is 7.71. The van der Waals surface area contributed by atoms with Gasteiger partial charge in [0.25, 0.3) is 5.56 Å². The van der Waals surface area contributed by atoms with Crippen LogP contribution in [0.2, 0.25) is 0 Å². The van der Waals surface area contributed by atoms with Crippen LogP contribution < -0.4 is 21.5 Å². The minimum Gasteiger partial charge on any atom is -0.350 e. The zero-order chi connectivity index (χ0) is 22.1. The predicted molar refractivity (Wildman–Crippen MR) is 115 cm³/mol. The number of fused-ring (bicyclic) bond motifs is 1. The molecule has 2 aromatic heterocycles. The molecule has 0 aliphatic carbocycles. The molecule has 4 rings (SSSR count). The van der Waals surface area contributed by atoms with Crippen LogP contribution in [0.5, 0.6) is 0 Å². The number of aryl methyl sites for hydroxylation is 2. The number of rotatable bonds is 5. The highest BCUT2D eigenvalue weighted by Crippen LogP contribution is 2.21. The minimum absolute atomic E-state index is 0.105. The highest BCUT2D eigenvalue weighted by Gasteiger charge is 2.20. The number of piperidine rings is 1. The Morgan fingerprint density at radius 1 is 1.16 bits per heavy atom. The van der Waals surface area contributed by atoms with E-state index in [-0.39, 0.29) is 23.6 Å². The van der Waals surface area contributed by atoms with Crippen molar-refractivity contribution in [3.63, 3.8) is 0 Å². The number of carbonyl (C=O) groups is 2. The summed E-state index contributed by atoms with van der Waals surface area (Å²) in [6.45, 7) is 0.520. The summed E-state index contributed by atoms with van der Waals surface area (Å²) in [5, 5.41) is 2.75. The third-order valence-corrected chi connectivity index (χ3v) is 5.54. The van der Waals surface area contributed by atoms with Crippen LogP contribution in [-0.4, -0.2) is 37.0 Å². The summed E-state index contributed by atoms with van der Waals surface area (Å²) in [6, 6.07) is 7.44. The molecular formula is C21H24N6O4. The molecule has 0 unspecified atom stereocenters. The Morgan fingerprint density at radius 2 is 1.97 bits per heavy atom. The SMILES string of the molecule is Cn1cnc2c1c(=O)n(CC(=O)NCc1cccc(N3CCCCC3=O)c1)c(=O)n2C. The van der Waals surface area contributed by atoms with Gasteiger partial charge in [-0.1, -0.05) is 12.1 Å². The highest BCUT2D eigenvalue weighted by molar-refractivity contribution is 5.94. The fourth-order valence-corrected chi connectivity index (χ4v) is 3.85. The zero-order valence-corrected chi connectivity index (χ0v) is 17.5. The number of hydrogen-bond acceptors (Lipinski definition) is 5.